The van der Waals surface area contributed by atoms with Crippen LogP contribution in [0.15, 0.2) is 35.1 Å². The zero-order valence-electron chi connectivity index (χ0n) is 26.0. The standard InChI is InChI=1S/C34H43N5O4/c1-6-34(11-7-8-12-34)33(42)38-29-19-25(26-9-10-30(37-24(26)5)39-13-15-43-16-14-39)18-27(23(29)4)31(40)35-20-28-21(2)17-22(3)36-32(28)41/h9-10,17-19H,6-8,11-16,20H2,1-5H3,(H,35,40)(H,36,41)(H,38,42). The van der Waals surface area contributed by atoms with E-state index < -0.39 is 0 Å². The SMILES string of the molecule is CCC1(C(=O)Nc2cc(-c3ccc(N4CCOCC4)nc3C)cc(C(=O)NCc3c(C)cc(C)[nH]c3=O)c2C)CCCC1. The molecular weight excluding hydrogens is 542 g/mol. The van der Waals surface area contributed by atoms with Crippen LogP contribution in [0.25, 0.3) is 11.1 Å². The average molecular weight is 586 g/mol. The second-order valence-corrected chi connectivity index (χ2v) is 12.0. The number of hydrogen-bond donors (Lipinski definition) is 3. The molecule has 2 amide bonds. The summed E-state index contributed by atoms with van der Waals surface area (Å²) >= 11 is 0. The lowest BCUT2D eigenvalue weighted by Crippen LogP contribution is -2.36. The number of nitrogens with zero attached hydrogens (tertiary/aromatic N) is 2. The number of pyridine rings is 2. The van der Waals surface area contributed by atoms with Crippen molar-refractivity contribution in [3.63, 3.8) is 0 Å². The van der Waals surface area contributed by atoms with Crippen molar-refractivity contribution in [2.75, 3.05) is 36.5 Å². The van der Waals surface area contributed by atoms with E-state index in [4.69, 9.17) is 9.72 Å². The van der Waals surface area contributed by atoms with Gasteiger partial charge in [-0.2, -0.15) is 0 Å². The topological polar surface area (TPSA) is 116 Å². The molecule has 1 aliphatic heterocycles. The monoisotopic (exact) mass is 585 g/mol. The van der Waals surface area contributed by atoms with Gasteiger partial charge in [0, 0.05) is 58.8 Å². The molecule has 43 heavy (non-hydrogen) atoms. The van der Waals surface area contributed by atoms with Crippen molar-refractivity contribution < 1.29 is 14.3 Å². The molecule has 9 nitrogen and oxygen atoms in total. The summed E-state index contributed by atoms with van der Waals surface area (Å²) in [5, 5.41) is 6.16. The van der Waals surface area contributed by atoms with E-state index in [2.05, 4.69) is 27.4 Å². The Morgan fingerprint density at radius 2 is 1.77 bits per heavy atom. The Hall–Kier alpha value is -3.98. The maximum Gasteiger partial charge on any atom is 0.253 e. The minimum atomic E-state index is -0.383. The van der Waals surface area contributed by atoms with Gasteiger partial charge >= 0.3 is 0 Å². The fraction of sp³-hybridized carbons (Fsp3) is 0.471. The fourth-order valence-corrected chi connectivity index (χ4v) is 6.47. The maximum absolute atomic E-state index is 13.7. The van der Waals surface area contributed by atoms with Gasteiger partial charge in [0.05, 0.1) is 13.2 Å². The molecule has 228 valence electrons. The molecule has 0 bridgehead atoms. The van der Waals surface area contributed by atoms with E-state index in [-0.39, 0.29) is 29.3 Å². The lowest BCUT2D eigenvalue weighted by atomic mass is 9.82. The number of anilines is 2. The zero-order chi connectivity index (χ0) is 30.7. The number of H-pyrrole nitrogens is 1. The van der Waals surface area contributed by atoms with Crippen LogP contribution in [0.5, 0.6) is 0 Å². The number of amides is 2. The van der Waals surface area contributed by atoms with E-state index in [0.29, 0.717) is 35.6 Å². The highest BCUT2D eigenvalue weighted by Crippen LogP contribution is 2.42. The third-order valence-corrected chi connectivity index (χ3v) is 9.26. The number of carbonyl (C=O) groups is 2. The number of hydrogen-bond acceptors (Lipinski definition) is 6. The lowest BCUT2D eigenvalue weighted by molar-refractivity contribution is -0.125. The van der Waals surface area contributed by atoms with Crippen LogP contribution in [-0.2, 0) is 16.1 Å². The Labute approximate surface area is 253 Å². The van der Waals surface area contributed by atoms with Crippen molar-refractivity contribution in [2.24, 2.45) is 5.41 Å². The molecule has 1 saturated heterocycles. The largest absolute Gasteiger partial charge is 0.378 e. The van der Waals surface area contributed by atoms with Gasteiger partial charge in [-0.3, -0.25) is 14.4 Å². The normalized spacial score (nSPS) is 16.3. The van der Waals surface area contributed by atoms with Gasteiger partial charge in [-0.1, -0.05) is 19.8 Å². The van der Waals surface area contributed by atoms with E-state index in [1.165, 1.54) is 0 Å². The molecule has 0 spiro atoms. The summed E-state index contributed by atoms with van der Waals surface area (Å²) in [5.74, 6) is 0.599. The number of aromatic nitrogens is 2. The zero-order valence-corrected chi connectivity index (χ0v) is 26.0. The van der Waals surface area contributed by atoms with Gasteiger partial charge in [0.25, 0.3) is 11.5 Å². The minimum Gasteiger partial charge on any atom is -0.378 e. The molecule has 1 saturated carbocycles. The number of nitrogens with one attached hydrogen (secondary N) is 3. The van der Waals surface area contributed by atoms with Crippen LogP contribution in [-0.4, -0.2) is 48.1 Å². The molecule has 2 fully saturated rings. The molecule has 3 aromatic rings. The molecule has 3 heterocycles. The maximum atomic E-state index is 13.7. The van der Waals surface area contributed by atoms with E-state index in [0.717, 1.165) is 79.1 Å². The Balaban J connectivity index is 1.50. The van der Waals surface area contributed by atoms with Crippen molar-refractivity contribution in [1.82, 2.24) is 15.3 Å². The van der Waals surface area contributed by atoms with Gasteiger partial charge < -0.3 is 25.3 Å². The van der Waals surface area contributed by atoms with Gasteiger partial charge in [-0.05, 0) is 94.0 Å². The third kappa shape index (κ3) is 6.37. The van der Waals surface area contributed by atoms with E-state index in [1.54, 1.807) is 0 Å². The summed E-state index contributed by atoms with van der Waals surface area (Å²) in [6.45, 7) is 12.6. The van der Waals surface area contributed by atoms with Gasteiger partial charge in [0.2, 0.25) is 5.91 Å². The van der Waals surface area contributed by atoms with Crippen LogP contribution < -0.4 is 21.1 Å². The van der Waals surface area contributed by atoms with Crippen molar-refractivity contribution in [1.29, 1.82) is 0 Å². The van der Waals surface area contributed by atoms with Crippen molar-refractivity contribution >= 4 is 23.3 Å². The third-order valence-electron chi connectivity index (χ3n) is 9.26. The summed E-state index contributed by atoms with van der Waals surface area (Å²) in [6.07, 6.45) is 4.62. The molecule has 2 aromatic heterocycles. The number of aromatic amines is 1. The Morgan fingerprint density at radius 1 is 1.05 bits per heavy atom. The number of morpholine rings is 1. The van der Waals surface area contributed by atoms with Crippen LogP contribution in [0.4, 0.5) is 11.5 Å². The Morgan fingerprint density at radius 3 is 2.42 bits per heavy atom. The van der Waals surface area contributed by atoms with Crippen LogP contribution in [0.3, 0.4) is 0 Å². The molecule has 2 aliphatic rings. The number of ether oxygens (including phenoxy) is 1. The molecule has 0 atom stereocenters. The Bertz CT molecular complexity index is 1580. The van der Waals surface area contributed by atoms with Crippen LogP contribution in [0.1, 0.15) is 77.5 Å². The number of benzene rings is 1. The van der Waals surface area contributed by atoms with E-state index in [1.807, 2.05) is 58.0 Å². The first-order valence-electron chi connectivity index (χ1n) is 15.4. The summed E-state index contributed by atoms with van der Waals surface area (Å²) in [7, 11) is 0. The van der Waals surface area contributed by atoms with Gasteiger partial charge in [-0.15, -0.1) is 0 Å². The highest BCUT2D eigenvalue weighted by atomic mass is 16.5. The van der Waals surface area contributed by atoms with Gasteiger partial charge in [0.1, 0.15) is 5.82 Å². The van der Waals surface area contributed by atoms with Crippen LogP contribution in [0.2, 0.25) is 0 Å². The average Bonchev–Trinajstić information content (AvgIpc) is 3.49. The summed E-state index contributed by atoms with van der Waals surface area (Å²) in [5.41, 5.74) is 5.79. The first-order chi connectivity index (χ1) is 20.6. The molecule has 0 radical (unpaired) electrons. The molecule has 5 rings (SSSR count). The summed E-state index contributed by atoms with van der Waals surface area (Å²) < 4.78 is 5.49. The van der Waals surface area contributed by atoms with E-state index in [9.17, 15) is 14.4 Å². The number of carbonyl (C=O) groups excluding carboxylic acids is 2. The molecule has 1 aliphatic carbocycles. The van der Waals surface area contributed by atoms with Crippen molar-refractivity contribution in [3.8, 4) is 11.1 Å². The predicted molar refractivity (Wildman–Crippen MR) is 170 cm³/mol. The predicted octanol–water partition coefficient (Wildman–Crippen LogP) is 5.35. The minimum absolute atomic E-state index is 0.0124. The summed E-state index contributed by atoms with van der Waals surface area (Å²) in [4.78, 5) is 49.9. The number of aryl methyl sites for hydroxylation is 3. The highest BCUT2D eigenvalue weighted by Gasteiger charge is 2.39. The first-order valence-corrected chi connectivity index (χ1v) is 15.4. The van der Waals surface area contributed by atoms with Gasteiger partial charge in [-0.25, -0.2) is 4.98 Å². The molecule has 9 heteroatoms. The fourth-order valence-electron chi connectivity index (χ4n) is 6.47. The van der Waals surface area contributed by atoms with Crippen LogP contribution >= 0.6 is 0 Å². The second kappa shape index (κ2) is 12.7. The molecule has 1 aromatic carbocycles. The number of rotatable bonds is 8. The summed E-state index contributed by atoms with van der Waals surface area (Å²) in [6, 6.07) is 9.74. The smallest absolute Gasteiger partial charge is 0.253 e. The molecule has 0 unspecified atom stereocenters. The van der Waals surface area contributed by atoms with Crippen LogP contribution in [0, 0.1) is 33.1 Å². The molecular formula is C34H43N5O4. The van der Waals surface area contributed by atoms with Crippen molar-refractivity contribution in [3.05, 3.63) is 74.3 Å². The van der Waals surface area contributed by atoms with Crippen molar-refractivity contribution in [2.45, 2.75) is 73.3 Å². The Kier molecular flexibility index (Phi) is 9.01. The first kappa shape index (κ1) is 30.5. The second-order valence-electron chi connectivity index (χ2n) is 12.0. The lowest BCUT2D eigenvalue weighted by Gasteiger charge is -2.28. The highest BCUT2D eigenvalue weighted by molar-refractivity contribution is 6.02. The van der Waals surface area contributed by atoms with Gasteiger partial charge in [0.15, 0.2) is 0 Å². The molecule has 3 N–H and O–H groups in total. The van der Waals surface area contributed by atoms with E-state index >= 15 is 0 Å². The quantitative estimate of drug-likeness (QED) is 0.328.